The van der Waals surface area contributed by atoms with Crippen molar-refractivity contribution in [3.63, 3.8) is 0 Å². The molecule has 0 aliphatic rings. The molecule has 16 heavy (non-hydrogen) atoms. The summed E-state index contributed by atoms with van der Waals surface area (Å²) in [6.07, 6.45) is 1.12. The summed E-state index contributed by atoms with van der Waals surface area (Å²) in [4.78, 5) is 3.33. The molecule has 0 spiro atoms. The van der Waals surface area contributed by atoms with Crippen molar-refractivity contribution in [1.82, 2.24) is 4.98 Å². The van der Waals surface area contributed by atoms with Crippen LogP contribution in [-0.2, 0) is 14.8 Å². The number of nitrogens with one attached hydrogen (secondary N) is 1. The third kappa shape index (κ3) is 4.54. The molecule has 0 amide bonds. The molecule has 0 unspecified atom stereocenters. The molecule has 0 saturated carbocycles. The molecule has 0 aliphatic heterocycles. The molecule has 7 heteroatoms. The topological polar surface area (TPSA) is 68.3 Å². The minimum atomic E-state index is -3.46. The summed E-state index contributed by atoms with van der Waals surface area (Å²) in [6.45, 7) is 2.37. The van der Waals surface area contributed by atoms with Crippen LogP contribution in [0.2, 0.25) is 0 Å². The van der Waals surface area contributed by atoms with E-state index in [2.05, 4.69) is 9.71 Å². The van der Waals surface area contributed by atoms with E-state index < -0.39 is 16.0 Å². The normalized spacial score (nSPS) is 11.4. The van der Waals surface area contributed by atoms with E-state index in [4.69, 9.17) is 4.74 Å². The summed E-state index contributed by atoms with van der Waals surface area (Å²) in [7, 11) is -3.46. The van der Waals surface area contributed by atoms with E-state index in [-0.39, 0.29) is 18.0 Å². The molecule has 1 rings (SSSR count). The molecule has 1 aromatic rings. The predicted octanol–water partition coefficient (Wildman–Crippen LogP) is 0.999. The first kappa shape index (κ1) is 12.9. The number of rotatable bonds is 6. The van der Waals surface area contributed by atoms with Crippen molar-refractivity contribution in [2.75, 3.05) is 23.7 Å². The molecule has 0 atom stereocenters. The average molecular weight is 248 g/mol. The van der Waals surface area contributed by atoms with E-state index in [0.717, 1.165) is 12.3 Å². The van der Waals surface area contributed by atoms with Gasteiger partial charge in [0.15, 0.2) is 0 Å². The molecule has 0 saturated heterocycles. The van der Waals surface area contributed by atoms with Gasteiger partial charge in [0.1, 0.15) is 0 Å². The van der Waals surface area contributed by atoms with Crippen molar-refractivity contribution in [2.24, 2.45) is 0 Å². The first-order valence-corrected chi connectivity index (χ1v) is 6.38. The van der Waals surface area contributed by atoms with Crippen LogP contribution >= 0.6 is 0 Å². The van der Waals surface area contributed by atoms with E-state index >= 15 is 0 Å². The Hall–Kier alpha value is -1.21. The number of hydrogen-bond donors (Lipinski definition) is 1. The van der Waals surface area contributed by atoms with Crippen molar-refractivity contribution >= 4 is 15.7 Å². The van der Waals surface area contributed by atoms with Gasteiger partial charge < -0.3 is 4.74 Å². The average Bonchev–Trinajstić information content (AvgIpc) is 2.21. The monoisotopic (exact) mass is 248 g/mol. The Balaban J connectivity index is 2.55. The number of hydrogen-bond acceptors (Lipinski definition) is 4. The second-order valence-corrected chi connectivity index (χ2v) is 4.83. The third-order valence-corrected chi connectivity index (χ3v) is 2.95. The molecule has 0 bridgehead atoms. The molecule has 0 aromatic carbocycles. The van der Waals surface area contributed by atoms with Crippen LogP contribution in [0.3, 0.4) is 0 Å². The number of nitrogens with zero attached hydrogens (tertiary/aromatic N) is 1. The summed E-state index contributed by atoms with van der Waals surface area (Å²) in [5.74, 6) is -0.796. The lowest BCUT2D eigenvalue weighted by Gasteiger charge is -2.07. The summed E-state index contributed by atoms with van der Waals surface area (Å²) < 4.78 is 42.6. The Kier molecular flexibility index (Phi) is 4.63. The smallest absolute Gasteiger partial charge is 0.235 e. The van der Waals surface area contributed by atoms with Crippen LogP contribution in [0.4, 0.5) is 10.1 Å². The SMILES string of the molecule is CCOCCS(=O)(=O)Nc1ccc(F)nc1. The van der Waals surface area contributed by atoms with Crippen LogP contribution in [0.1, 0.15) is 6.92 Å². The van der Waals surface area contributed by atoms with E-state index in [1.54, 1.807) is 6.92 Å². The molecule has 0 radical (unpaired) electrons. The fraction of sp³-hybridized carbons (Fsp3) is 0.444. The summed E-state index contributed by atoms with van der Waals surface area (Å²) >= 11 is 0. The lowest BCUT2D eigenvalue weighted by Crippen LogP contribution is -2.20. The first-order valence-electron chi connectivity index (χ1n) is 4.73. The Labute approximate surface area is 93.7 Å². The lowest BCUT2D eigenvalue weighted by molar-refractivity contribution is 0.163. The molecule has 0 fully saturated rings. The molecule has 1 heterocycles. The summed E-state index contributed by atoms with van der Waals surface area (Å²) in [5.41, 5.74) is 0.234. The number of pyridine rings is 1. The van der Waals surface area contributed by atoms with Crippen LogP contribution in [-0.4, -0.2) is 32.4 Å². The Morgan fingerprint density at radius 2 is 2.25 bits per heavy atom. The summed E-state index contributed by atoms with van der Waals surface area (Å²) in [5, 5.41) is 0. The highest BCUT2D eigenvalue weighted by atomic mass is 32.2. The van der Waals surface area contributed by atoms with Crippen LogP contribution in [0.15, 0.2) is 18.3 Å². The Bertz CT molecular complexity index is 419. The number of ether oxygens (including phenoxy) is 1. The minimum Gasteiger partial charge on any atom is -0.381 e. The maximum Gasteiger partial charge on any atom is 0.235 e. The van der Waals surface area contributed by atoms with Gasteiger partial charge in [-0.3, -0.25) is 4.72 Å². The molecule has 0 aliphatic carbocycles. The standard InChI is InChI=1S/C9H13FN2O3S/c1-2-15-5-6-16(13,14)12-8-3-4-9(10)11-7-8/h3-4,7,12H,2,5-6H2,1H3. The number of halogens is 1. The van der Waals surface area contributed by atoms with Crippen LogP contribution in [0, 0.1) is 5.95 Å². The second kappa shape index (κ2) is 5.76. The van der Waals surface area contributed by atoms with Gasteiger partial charge in [0.2, 0.25) is 16.0 Å². The van der Waals surface area contributed by atoms with Crippen LogP contribution < -0.4 is 4.72 Å². The predicted molar refractivity (Wildman–Crippen MR) is 58.1 cm³/mol. The highest BCUT2D eigenvalue weighted by Gasteiger charge is 2.10. The van der Waals surface area contributed by atoms with Gasteiger partial charge in [0.25, 0.3) is 0 Å². The molecular weight excluding hydrogens is 235 g/mol. The number of anilines is 1. The number of aromatic nitrogens is 1. The van der Waals surface area contributed by atoms with E-state index in [0.29, 0.717) is 6.61 Å². The van der Waals surface area contributed by atoms with Gasteiger partial charge in [-0.05, 0) is 19.1 Å². The van der Waals surface area contributed by atoms with Gasteiger partial charge in [-0.2, -0.15) is 4.39 Å². The van der Waals surface area contributed by atoms with Crippen molar-refractivity contribution in [3.8, 4) is 0 Å². The fourth-order valence-electron chi connectivity index (χ4n) is 0.980. The van der Waals surface area contributed by atoms with Gasteiger partial charge in [0, 0.05) is 6.61 Å². The fourth-order valence-corrected chi connectivity index (χ4v) is 1.90. The third-order valence-electron chi connectivity index (χ3n) is 1.70. The van der Waals surface area contributed by atoms with Gasteiger partial charge in [0.05, 0.1) is 24.2 Å². The van der Waals surface area contributed by atoms with Crippen LogP contribution in [0.25, 0.3) is 0 Å². The molecule has 1 N–H and O–H groups in total. The highest BCUT2D eigenvalue weighted by molar-refractivity contribution is 7.92. The summed E-state index contributed by atoms with van der Waals surface area (Å²) in [6, 6.07) is 2.39. The van der Waals surface area contributed by atoms with Crippen molar-refractivity contribution in [3.05, 3.63) is 24.3 Å². The van der Waals surface area contributed by atoms with Gasteiger partial charge in [-0.15, -0.1) is 0 Å². The minimum absolute atomic E-state index is 0.125. The number of sulfonamides is 1. The maximum atomic E-state index is 12.5. The molecular formula is C9H13FN2O3S. The molecule has 1 aromatic heterocycles. The lowest BCUT2D eigenvalue weighted by atomic mass is 10.4. The first-order chi connectivity index (χ1) is 7.53. The van der Waals surface area contributed by atoms with Crippen molar-refractivity contribution < 1.29 is 17.5 Å². The van der Waals surface area contributed by atoms with Gasteiger partial charge in [-0.1, -0.05) is 0 Å². The van der Waals surface area contributed by atoms with Gasteiger partial charge >= 0.3 is 0 Å². The Morgan fingerprint density at radius 1 is 1.50 bits per heavy atom. The maximum absolute atomic E-state index is 12.5. The zero-order valence-electron chi connectivity index (χ0n) is 8.81. The zero-order chi connectivity index (χ0) is 12.0. The Morgan fingerprint density at radius 3 is 2.81 bits per heavy atom. The second-order valence-electron chi connectivity index (χ2n) is 2.99. The van der Waals surface area contributed by atoms with E-state index in [1.165, 1.54) is 6.07 Å². The van der Waals surface area contributed by atoms with E-state index in [9.17, 15) is 12.8 Å². The van der Waals surface area contributed by atoms with E-state index in [1.807, 2.05) is 0 Å². The molecule has 90 valence electrons. The van der Waals surface area contributed by atoms with Crippen molar-refractivity contribution in [1.29, 1.82) is 0 Å². The van der Waals surface area contributed by atoms with Crippen molar-refractivity contribution in [2.45, 2.75) is 6.92 Å². The quantitative estimate of drug-likeness (QED) is 0.602. The largest absolute Gasteiger partial charge is 0.381 e. The van der Waals surface area contributed by atoms with Crippen LogP contribution in [0.5, 0.6) is 0 Å². The highest BCUT2D eigenvalue weighted by Crippen LogP contribution is 2.07. The zero-order valence-corrected chi connectivity index (χ0v) is 9.63. The van der Waals surface area contributed by atoms with Gasteiger partial charge in [-0.25, -0.2) is 13.4 Å². The molecule has 5 nitrogen and oxygen atoms in total.